The lowest BCUT2D eigenvalue weighted by atomic mass is 9.90. The zero-order valence-corrected chi connectivity index (χ0v) is 15.1. The van der Waals surface area contributed by atoms with E-state index in [1.54, 1.807) is 19.1 Å². The van der Waals surface area contributed by atoms with E-state index in [1.807, 2.05) is 30.3 Å². The van der Waals surface area contributed by atoms with Crippen LogP contribution in [0.1, 0.15) is 12.5 Å². The highest BCUT2D eigenvalue weighted by Crippen LogP contribution is 2.35. The van der Waals surface area contributed by atoms with Crippen molar-refractivity contribution in [2.24, 2.45) is 5.73 Å². The van der Waals surface area contributed by atoms with E-state index in [4.69, 9.17) is 17.3 Å². The fraction of sp³-hybridized carbons (Fsp3) is 0.133. The number of primary amides is 1. The van der Waals surface area contributed by atoms with Crippen molar-refractivity contribution in [2.45, 2.75) is 12.5 Å². The molecule has 0 saturated heterocycles. The lowest BCUT2D eigenvalue weighted by molar-refractivity contribution is -0.122. The number of benzene rings is 2. The Bertz CT molecular complexity index is 693. The van der Waals surface area contributed by atoms with Crippen LogP contribution >= 0.6 is 43.5 Å². The van der Waals surface area contributed by atoms with E-state index >= 15 is 0 Å². The number of nitrogens with two attached hydrogens (primary N) is 1. The summed E-state index contributed by atoms with van der Waals surface area (Å²) in [6.45, 7) is 1.71. The van der Waals surface area contributed by atoms with Crippen LogP contribution in [0.15, 0.2) is 51.4 Å². The Hall–Kier alpha value is -1.04. The van der Waals surface area contributed by atoms with Gasteiger partial charge in [-0.3, -0.25) is 4.79 Å². The van der Waals surface area contributed by atoms with Crippen molar-refractivity contribution < 1.29 is 4.79 Å². The van der Waals surface area contributed by atoms with Crippen LogP contribution in [-0.4, -0.2) is 5.91 Å². The molecule has 0 spiro atoms. The zero-order chi connectivity index (χ0) is 15.6. The Kier molecular flexibility index (Phi) is 4.96. The third-order valence-corrected chi connectivity index (χ3v) is 4.72. The van der Waals surface area contributed by atoms with Crippen LogP contribution in [0.25, 0.3) is 0 Å². The van der Waals surface area contributed by atoms with E-state index in [0.29, 0.717) is 10.6 Å². The molecule has 0 aliphatic heterocycles. The average molecular weight is 433 g/mol. The van der Waals surface area contributed by atoms with Gasteiger partial charge in [-0.05, 0) is 47.1 Å². The van der Waals surface area contributed by atoms with E-state index < -0.39 is 11.4 Å². The first-order valence-electron chi connectivity index (χ1n) is 6.13. The minimum Gasteiger partial charge on any atom is -0.367 e. The Morgan fingerprint density at radius 2 is 1.90 bits per heavy atom. The lowest BCUT2D eigenvalue weighted by Gasteiger charge is -2.30. The summed E-state index contributed by atoms with van der Waals surface area (Å²) in [6.07, 6.45) is 0. The first-order chi connectivity index (χ1) is 9.84. The number of nitrogens with one attached hydrogen (secondary N) is 1. The molecule has 0 aromatic heterocycles. The SMILES string of the molecule is CC(Nc1ccccc1Br)(C(N)=O)c1ccc(Br)cc1Cl. The van der Waals surface area contributed by atoms with Crippen LogP contribution < -0.4 is 11.1 Å². The normalized spacial score (nSPS) is 13.5. The van der Waals surface area contributed by atoms with Crippen molar-refractivity contribution in [1.82, 2.24) is 0 Å². The van der Waals surface area contributed by atoms with E-state index in [9.17, 15) is 4.79 Å². The number of rotatable bonds is 4. The molecule has 0 bridgehead atoms. The fourth-order valence-corrected chi connectivity index (χ4v) is 3.23. The Morgan fingerprint density at radius 1 is 1.24 bits per heavy atom. The highest BCUT2D eigenvalue weighted by atomic mass is 79.9. The van der Waals surface area contributed by atoms with E-state index in [1.165, 1.54) is 0 Å². The number of hydrogen-bond donors (Lipinski definition) is 2. The molecular formula is C15H13Br2ClN2O. The molecule has 3 N–H and O–H groups in total. The van der Waals surface area contributed by atoms with Crippen molar-refractivity contribution in [3.8, 4) is 0 Å². The summed E-state index contributed by atoms with van der Waals surface area (Å²) in [5.74, 6) is -0.512. The number of hydrogen-bond acceptors (Lipinski definition) is 2. The van der Waals surface area contributed by atoms with Crippen molar-refractivity contribution in [2.75, 3.05) is 5.32 Å². The summed E-state index contributed by atoms with van der Waals surface area (Å²) in [4.78, 5) is 12.0. The van der Waals surface area contributed by atoms with Crippen LogP contribution in [-0.2, 0) is 10.3 Å². The third-order valence-electron chi connectivity index (χ3n) is 3.22. The number of anilines is 1. The average Bonchev–Trinajstić information content (AvgIpc) is 2.41. The molecule has 2 rings (SSSR count). The molecule has 2 aromatic rings. The lowest BCUT2D eigenvalue weighted by Crippen LogP contribution is -2.45. The van der Waals surface area contributed by atoms with E-state index in [2.05, 4.69) is 37.2 Å². The van der Waals surface area contributed by atoms with Crippen LogP contribution in [0.5, 0.6) is 0 Å². The monoisotopic (exact) mass is 430 g/mol. The number of amides is 1. The van der Waals surface area contributed by atoms with Gasteiger partial charge < -0.3 is 11.1 Å². The van der Waals surface area contributed by atoms with Gasteiger partial charge in [-0.25, -0.2) is 0 Å². The van der Waals surface area contributed by atoms with Gasteiger partial charge in [-0.15, -0.1) is 0 Å². The van der Waals surface area contributed by atoms with Crippen LogP contribution in [0.3, 0.4) is 0 Å². The quantitative estimate of drug-likeness (QED) is 0.737. The van der Waals surface area contributed by atoms with Crippen LogP contribution in [0.2, 0.25) is 5.02 Å². The molecule has 0 fully saturated rings. The topological polar surface area (TPSA) is 55.1 Å². The van der Waals surface area contributed by atoms with Crippen LogP contribution in [0.4, 0.5) is 5.69 Å². The zero-order valence-electron chi connectivity index (χ0n) is 11.2. The van der Waals surface area contributed by atoms with E-state index in [0.717, 1.165) is 14.6 Å². The molecule has 1 amide bonds. The molecule has 0 heterocycles. The van der Waals surface area contributed by atoms with Gasteiger partial charge in [0, 0.05) is 25.2 Å². The Balaban J connectivity index is 2.51. The van der Waals surface area contributed by atoms with Crippen molar-refractivity contribution in [1.29, 1.82) is 0 Å². The molecular weight excluding hydrogens is 419 g/mol. The standard InChI is InChI=1S/C15H13Br2ClN2O/c1-15(14(19)21,10-7-6-9(16)8-12(10)18)20-13-5-3-2-4-11(13)17/h2-8,20H,1H3,(H2,19,21). The maximum absolute atomic E-state index is 12.0. The number of para-hydroxylation sites is 1. The molecule has 2 aromatic carbocycles. The minimum absolute atomic E-state index is 0.463. The molecule has 110 valence electrons. The summed E-state index contributed by atoms with van der Waals surface area (Å²) in [6, 6.07) is 12.8. The summed E-state index contributed by atoms with van der Waals surface area (Å²) < 4.78 is 1.68. The van der Waals surface area contributed by atoms with Crippen molar-refractivity contribution in [3.05, 3.63) is 62.0 Å². The third kappa shape index (κ3) is 3.42. The van der Waals surface area contributed by atoms with E-state index in [-0.39, 0.29) is 0 Å². The Labute approximate surface area is 145 Å². The van der Waals surface area contributed by atoms with Gasteiger partial charge >= 0.3 is 0 Å². The largest absolute Gasteiger partial charge is 0.367 e. The van der Waals surface area contributed by atoms with Crippen LogP contribution in [0, 0.1) is 0 Å². The maximum Gasteiger partial charge on any atom is 0.247 e. The first kappa shape index (κ1) is 16.3. The molecule has 1 unspecified atom stereocenters. The molecule has 0 aliphatic rings. The molecule has 1 atom stereocenters. The molecule has 0 saturated carbocycles. The second-order valence-electron chi connectivity index (χ2n) is 4.72. The van der Waals surface area contributed by atoms with Gasteiger partial charge in [0.1, 0.15) is 5.54 Å². The molecule has 0 aliphatic carbocycles. The molecule has 0 radical (unpaired) electrons. The van der Waals surface area contributed by atoms with Crippen molar-refractivity contribution in [3.63, 3.8) is 0 Å². The maximum atomic E-state index is 12.0. The summed E-state index contributed by atoms with van der Waals surface area (Å²) in [5.41, 5.74) is 5.88. The van der Waals surface area contributed by atoms with Gasteiger partial charge in [0.15, 0.2) is 0 Å². The summed E-state index contributed by atoms with van der Waals surface area (Å²) in [5, 5.41) is 3.64. The predicted octanol–water partition coefficient (Wildman–Crippen LogP) is 4.68. The number of carbonyl (C=O) groups excluding carboxylic acids is 1. The van der Waals surface area contributed by atoms with Gasteiger partial charge in [-0.1, -0.05) is 45.7 Å². The number of carbonyl (C=O) groups is 1. The highest BCUT2D eigenvalue weighted by molar-refractivity contribution is 9.10. The molecule has 6 heteroatoms. The minimum atomic E-state index is -1.12. The molecule has 3 nitrogen and oxygen atoms in total. The summed E-state index contributed by atoms with van der Waals surface area (Å²) in [7, 11) is 0. The smallest absolute Gasteiger partial charge is 0.247 e. The predicted molar refractivity (Wildman–Crippen MR) is 93.5 cm³/mol. The first-order valence-corrected chi connectivity index (χ1v) is 8.09. The summed E-state index contributed by atoms with van der Waals surface area (Å²) >= 11 is 13.1. The molecule has 21 heavy (non-hydrogen) atoms. The second-order valence-corrected chi connectivity index (χ2v) is 6.90. The fourth-order valence-electron chi connectivity index (χ4n) is 1.99. The van der Waals surface area contributed by atoms with Gasteiger partial charge in [0.05, 0.1) is 0 Å². The van der Waals surface area contributed by atoms with Gasteiger partial charge in [-0.2, -0.15) is 0 Å². The second kappa shape index (κ2) is 6.38. The highest BCUT2D eigenvalue weighted by Gasteiger charge is 2.35. The number of halogens is 3. The van der Waals surface area contributed by atoms with Gasteiger partial charge in [0.25, 0.3) is 0 Å². The Morgan fingerprint density at radius 3 is 2.48 bits per heavy atom. The van der Waals surface area contributed by atoms with Crippen molar-refractivity contribution >= 4 is 55.1 Å². The van der Waals surface area contributed by atoms with Gasteiger partial charge in [0.2, 0.25) is 5.91 Å².